The second-order valence-corrected chi connectivity index (χ2v) is 5.54. The Morgan fingerprint density at radius 2 is 1.95 bits per heavy atom. The van der Waals surface area contributed by atoms with Gasteiger partial charge in [0.2, 0.25) is 0 Å². The van der Waals surface area contributed by atoms with Crippen LogP contribution in [0.2, 0.25) is 0 Å². The maximum Gasteiger partial charge on any atom is 0.253 e. The smallest absolute Gasteiger partial charge is 0.253 e. The fraction of sp³-hybridized carbons (Fsp3) is 0.500. The van der Waals surface area contributed by atoms with Crippen LogP contribution in [0.15, 0.2) is 12.1 Å². The van der Waals surface area contributed by atoms with E-state index >= 15 is 0 Å². The standard InChI is InChI=1S/C14H17F2N3O/c15-11-5-10(13(17)6-12(11)16)14(20)18-8-3-4-19(7-8)9-1-2-9/h5-6,8-9H,1-4,7,17H2,(H,18,20). The van der Waals surface area contributed by atoms with Crippen molar-refractivity contribution in [2.75, 3.05) is 18.8 Å². The van der Waals surface area contributed by atoms with Crippen LogP contribution < -0.4 is 11.1 Å². The predicted molar refractivity (Wildman–Crippen MR) is 71.2 cm³/mol. The van der Waals surface area contributed by atoms with Crippen molar-refractivity contribution in [2.24, 2.45) is 0 Å². The summed E-state index contributed by atoms with van der Waals surface area (Å²) in [7, 11) is 0. The zero-order valence-corrected chi connectivity index (χ0v) is 11.0. The third-order valence-electron chi connectivity index (χ3n) is 3.96. The van der Waals surface area contributed by atoms with Crippen LogP contribution in [0, 0.1) is 11.6 Å². The average Bonchev–Trinajstić information content (AvgIpc) is 3.15. The quantitative estimate of drug-likeness (QED) is 0.826. The summed E-state index contributed by atoms with van der Waals surface area (Å²) in [4.78, 5) is 14.4. The number of nitrogens with two attached hydrogens (primary N) is 1. The number of carbonyl (C=O) groups is 1. The Balaban J connectivity index is 1.66. The minimum atomic E-state index is -1.06. The van der Waals surface area contributed by atoms with Crippen molar-refractivity contribution >= 4 is 11.6 Å². The molecule has 108 valence electrons. The van der Waals surface area contributed by atoms with E-state index < -0.39 is 17.5 Å². The number of nitrogens with zero attached hydrogens (tertiary/aromatic N) is 1. The van der Waals surface area contributed by atoms with E-state index in [-0.39, 0.29) is 17.3 Å². The zero-order valence-electron chi connectivity index (χ0n) is 11.0. The Morgan fingerprint density at radius 1 is 1.25 bits per heavy atom. The molecule has 2 aliphatic rings. The molecule has 20 heavy (non-hydrogen) atoms. The third-order valence-corrected chi connectivity index (χ3v) is 3.96. The number of hydrogen-bond donors (Lipinski definition) is 2. The number of carbonyl (C=O) groups excluding carboxylic acids is 1. The van der Waals surface area contributed by atoms with Gasteiger partial charge >= 0.3 is 0 Å². The van der Waals surface area contributed by atoms with Gasteiger partial charge in [0.05, 0.1) is 5.56 Å². The lowest BCUT2D eigenvalue weighted by atomic mass is 10.1. The van der Waals surface area contributed by atoms with Crippen LogP contribution in [0.3, 0.4) is 0 Å². The van der Waals surface area contributed by atoms with Gasteiger partial charge in [-0.2, -0.15) is 0 Å². The van der Waals surface area contributed by atoms with E-state index in [1.807, 2.05) is 0 Å². The van der Waals surface area contributed by atoms with Crippen molar-refractivity contribution in [3.05, 3.63) is 29.3 Å². The minimum Gasteiger partial charge on any atom is -0.398 e. The molecule has 1 aromatic carbocycles. The fourth-order valence-corrected chi connectivity index (χ4v) is 2.70. The van der Waals surface area contributed by atoms with Crippen LogP contribution in [0.25, 0.3) is 0 Å². The van der Waals surface area contributed by atoms with Crippen LogP contribution in [0.1, 0.15) is 29.6 Å². The predicted octanol–water partition coefficient (Wildman–Crippen LogP) is 1.51. The monoisotopic (exact) mass is 281 g/mol. The number of hydrogen-bond acceptors (Lipinski definition) is 3. The Morgan fingerprint density at radius 3 is 2.65 bits per heavy atom. The van der Waals surface area contributed by atoms with Gasteiger partial charge in [-0.15, -0.1) is 0 Å². The maximum absolute atomic E-state index is 13.2. The lowest BCUT2D eigenvalue weighted by Gasteiger charge is -2.16. The van der Waals surface area contributed by atoms with Gasteiger partial charge in [-0.1, -0.05) is 0 Å². The van der Waals surface area contributed by atoms with E-state index in [0.717, 1.165) is 31.6 Å². The molecule has 0 spiro atoms. The summed E-state index contributed by atoms with van der Waals surface area (Å²) in [6.45, 7) is 1.79. The van der Waals surface area contributed by atoms with Crippen molar-refractivity contribution in [1.82, 2.24) is 10.2 Å². The van der Waals surface area contributed by atoms with Crippen LogP contribution >= 0.6 is 0 Å². The highest BCUT2D eigenvalue weighted by atomic mass is 19.2. The highest BCUT2D eigenvalue weighted by Gasteiger charge is 2.35. The molecule has 1 unspecified atom stereocenters. The van der Waals surface area contributed by atoms with Crippen LogP contribution in [0.5, 0.6) is 0 Å². The first kappa shape index (κ1) is 13.3. The van der Waals surface area contributed by atoms with E-state index in [4.69, 9.17) is 5.73 Å². The third kappa shape index (κ3) is 2.60. The molecular formula is C14H17F2N3O. The Kier molecular flexibility index (Phi) is 3.33. The highest BCUT2D eigenvalue weighted by Crippen LogP contribution is 2.30. The molecule has 1 saturated heterocycles. The molecule has 0 radical (unpaired) electrons. The Labute approximate surface area is 115 Å². The molecule has 1 aromatic rings. The lowest BCUT2D eigenvalue weighted by molar-refractivity contribution is 0.0938. The molecule has 2 fully saturated rings. The SMILES string of the molecule is Nc1cc(F)c(F)cc1C(=O)NC1CCN(C2CC2)C1. The number of likely N-dealkylation sites (tertiary alicyclic amines) is 1. The molecule has 3 rings (SSSR count). The number of nitrogens with one attached hydrogen (secondary N) is 1. The Hall–Kier alpha value is -1.69. The van der Waals surface area contributed by atoms with Crippen LogP contribution in [0.4, 0.5) is 14.5 Å². The summed E-state index contributed by atoms with van der Waals surface area (Å²) in [5.74, 6) is -2.54. The summed E-state index contributed by atoms with van der Waals surface area (Å²) in [5.41, 5.74) is 5.52. The van der Waals surface area contributed by atoms with Crippen molar-refractivity contribution in [2.45, 2.75) is 31.3 Å². The molecular weight excluding hydrogens is 264 g/mol. The van der Waals surface area contributed by atoms with E-state index in [1.165, 1.54) is 12.8 Å². The fourth-order valence-electron chi connectivity index (χ4n) is 2.70. The number of benzene rings is 1. The summed E-state index contributed by atoms with van der Waals surface area (Å²) in [6, 6.07) is 2.42. The van der Waals surface area contributed by atoms with Crippen molar-refractivity contribution in [3.8, 4) is 0 Å². The normalized spacial score (nSPS) is 23.0. The van der Waals surface area contributed by atoms with Crippen molar-refractivity contribution in [3.63, 3.8) is 0 Å². The molecule has 1 aliphatic carbocycles. The molecule has 3 N–H and O–H groups in total. The molecule has 1 heterocycles. The van der Waals surface area contributed by atoms with Gasteiger partial charge < -0.3 is 11.1 Å². The molecule has 1 atom stereocenters. The molecule has 1 amide bonds. The van der Waals surface area contributed by atoms with Crippen LogP contribution in [-0.4, -0.2) is 36.0 Å². The lowest BCUT2D eigenvalue weighted by Crippen LogP contribution is -2.37. The number of anilines is 1. The molecule has 0 bridgehead atoms. The molecule has 1 aliphatic heterocycles. The number of nitrogen functional groups attached to an aromatic ring is 1. The van der Waals surface area contributed by atoms with Crippen molar-refractivity contribution in [1.29, 1.82) is 0 Å². The van der Waals surface area contributed by atoms with Gasteiger partial charge in [0.25, 0.3) is 5.91 Å². The highest BCUT2D eigenvalue weighted by molar-refractivity contribution is 5.99. The van der Waals surface area contributed by atoms with E-state index in [9.17, 15) is 13.6 Å². The minimum absolute atomic E-state index is 0.00577. The molecule has 6 heteroatoms. The maximum atomic E-state index is 13.2. The summed E-state index contributed by atoms with van der Waals surface area (Å²) in [5, 5.41) is 2.85. The van der Waals surface area contributed by atoms with Gasteiger partial charge in [0.15, 0.2) is 11.6 Å². The van der Waals surface area contributed by atoms with E-state index in [1.54, 1.807) is 0 Å². The molecule has 4 nitrogen and oxygen atoms in total. The number of rotatable bonds is 3. The van der Waals surface area contributed by atoms with E-state index in [0.29, 0.717) is 6.04 Å². The summed E-state index contributed by atoms with van der Waals surface area (Å²) >= 11 is 0. The second kappa shape index (κ2) is 5.01. The topological polar surface area (TPSA) is 58.4 Å². The molecule has 1 saturated carbocycles. The van der Waals surface area contributed by atoms with Gasteiger partial charge in [0, 0.05) is 36.9 Å². The van der Waals surface area contributed by atoms with Gasteiger partial charge in [0.1, 0.15) is 0 Å². The second-order valence-electron chi connectivity index (χ2n) is 5.54. The van der Waals surface area contributed by atoms with Gasteiger partial charge in [-0.05, 0) is 25.3 Å². The first-order chi connectivity index (χ1) is 9.54. The Bertz CT molecular complexity index is 545. The van der Waals surface area contributed by atoms with E-state index in [2.05, 4.69) is 10.2 Å². The molecule has 0 aromatic heterocycles. The zero-order chi connectivity index (χ0) is 14.3. The average molecular weight is 281 g/mol. The largest absolute Gasteiger partial charge is 0.398 e. The van der Waals surface area contributed by atoms with Gasteiger partial charge in [-0.3, -0.25) is 9.69 Å². The first-order valence-corrected chi connectivity index (χ1v) is 6.84. The van der Waals surface area contributed by atoms with Gasteiger partial charge in [-0.25, -0.2) is 8.78 Å². The summed E-state index contributed by atoms with van der Waals surface area (Å²) in [6.07, 6.45) is 3.35. The summed E-state index contributed by atoms with van der Waals surface area (Å²) < 4.78 is 26.2. The number of halogens is 2. The first-order valence-electron chi connectivity index (χ1n) is 6.84. The van der Waals surface area contributed by atoms with Crippen molar-refractivity contribution < 1.29 is 13.6 Å². The number of amides is 1. The van der Waals surface area contributed by atoms with Crippen LogP contribution in [-0.2, 0) is 0 Å².